The SMILES string of the molecule is CCN(Cc1cnn(CC)c1C)C(=O)CN1C(=O)C2(COc3ccc(F)cc3)CC2c2ccccc21. The lowest BCUT2D eigenvalue weighted by atomic mass is 9.92. The summed E-state index contributed by atoms with van der Waals surface area (Å²) in [6.45, 7) is 7.89. The average molecular weight is 491 g/mol. The number of para-hydroxylation sites is 1. The zero-order valence-electron chi connectivity index (χ0n) is 20.9. The number of fused-ring (bicyclic) bond motifs is 3. The molecule has 2 amide bonds. The lowest BCUT2D eigenvalue weighted by Crippen LogP contribution is -2.49. The molecule has 2 aliphatic rings. The van der Waals surface area contributed by atoms with Crippen molar-refractivity contribution in [3.05, 3.63) is 77.4 Å². The first kappa shape index (κ1) is 24.0. The summed E-state index contributed by atoms with van der Waals surface area (Å²) in [7, 11) is 0. The number of anilines is 1. The first-order valence-corrected chi connectivity index (χ1v) is 12.5. The van der Waals surface area contributed by atoms with Gasteiger partial charge in [0.25, 0.3) is 0 Å². The van der Waals surface area contributed by atoms with Gasteiger partial charge in [0.15, 0.2) is 0 Å². The highest BCUT2D eigenvalue weighted by Crippen LogP contribution is 2.65. The second-order valence-corrected chi connectivity index (χ2v) is 9.58. The maximum Gasteiger partial charge on any atom is 0.242 e. The van der Waals surface area contributed by atoms with Gasteiger partial charge in [-0.05, 0) is 63.1 Å². The second-order valence-electron chi connectivity index (χ2n) is 9.58. The standard InChI is InChI=1S/C28H31FN4O3/c1-4-31(16-20-15-30-33(5-2)19(20)3)26(34)17-32-25-9-7-6-8-23(25)24-14-28(24,27(32)35)18-36-22-12-10-21(29)11-13-22/h6-13,15,24H,4-5,14,16-18H2,1-3H3. The van der Waals surface area contributed by atoms with E-state index < -0.39 is 5.41 Å². The van der Waals surface area contributed by atoms with Crippen LogP contribution in [0.15, 0.2) is 54.7 Å². The number of halogens is 1. The van der Waals surface area contributed by atoms with Gasteiger partial charge in [0, 0.05) is 42.5 Å². The molecule has 2 aromatic carbocycles. The first-order valence-electron chi connectivity index (χ1n) is 12.5. The number of aryl methyl sites for hydroxylation is 1. The Morgan fingerprint density at radius 2 is 1.94 bits per heavy atom. The van der Waals surface area contributed by atoms with Crippen LogP contribution < -0.4 is 9.64 Å². The van der Waals surface area contributed by atoms with E-state index in [4.69, 9.17) is 4.74 Å². The number of carbonyl (C=O) groups is 2. The van der Waals surface area contributed by atoms with Gasteiger partial charge in [-0.25, -0.2) is 4.39 Å². The van der Waals surface area contributed by atoms with Crippen LogP contribution in [-0.4, -0.2) is 46.2 Å². The Hall–Kier alpha value is -3.68. The van der Waals surface area contributed by atoms with Gasteiger partial charge in [0.2, 0.25) is 11.8 Å². The average Bonchev–Trinajstić information content (AvgIpc) is 3.54. The number of ether oxygens (including phenoxy) is 1. The lowest BCUT2D eigenvalue weighted by Gasteiger charge is -2.35. The summed E-state index contributed by atoms with van der Waals surface area (Å²) in [5.41, 5.74) is 3.20. The van der Waals surface area contributed by atoms with Crippen LogP contribution in [0.2, 0.25) is 0 Å². The summed E-state index contributed by atoms with van der Waals surface area (Å²) in [5.74, 6) is 0.0317. The van der Waals surface area contributed by atoms with E-state index in [0.717, 1.165) is 29.1 Å². The zero-order valence-corrected chi connectivity index (χ0v) is 20.9. The maximum atomic E-state index is 13.8. The number of hydrogen-bond donors (Lipinski definition) is 0. The molecule has 1 saturated carbocycles. The van der Waals surface area contributed by atoms with Crippen molar-refractivity contribution in [2.75, 3.05) is 24.6 Å². The molecule has 1 aromatic heterocycles. The quantitative estimate of drug-likeness (QED) is 0.449. The van der Waals surface area contributed by atoms with E-state index in [9.17, 15) is 14.0 Å². The predicted molar refractivity (Wildman–Crippen MR) is 134 cm³/mol. The highest BCUT2D eigenvalue weighted by molar-refractivity contribution is 6.07. The molecule has 2 unspecified atom stereocenters. The Kier molecular flexibility index (Phi) is 6.28. The third-order valence-corrected chi connectivity index (χ3v) is 7.55. The molecule has 8 heteroatoms. The number of benzene rings is 2. The molecule has 0 bridgehead atoms. The molecule has 188 valence electrons. The van der Waals surface area contributed by atoms with Crippen LogP contribution >= 0.6 is 0 Å². The Morgan fingerprint density at radius 1 is 1.19 bits per heavy atom. The van der Waals surface area contributed by atoms with Crippen LogP contribution in [0.5, 0.6) is 5.75 Å². The molecule has 2 heterocycles. The smallest absolute Gasteiger partial charge is 0.242 e. The van der Waals surface area contributed by atoms with Crippen LogP contribution in [0.25, 0.3) is 0 Å². The normalized spacial score (nSPS) is 20.1. The van der Waals surface area contributed by atoms with Gasteiger partial charge >= 0.3 is 0 Å². The van der Waals surface area contributed by atoms with Crippen LogP contribution in [0.4, 0.5) is 10.1 Å². The topological polar surface area (TPSA) is 67.7 Å². The van der Waals surface area contributed by atoms with E-state index in [-0.39, 0.29) is 36.7 Å². The second kappa shape index (κ2) is 9.41. The molecule has 0 radical (unpaired) electrons. The number of hydrogen-bond acceptors (Lipinski definition) is 4. The van der Waals surface area contributed by atoms with E-state index in [0.29, 0.717) is 25.3 Å². The van der Waals surface area contributed by atoms with Gasteiger partial charge in [-0.1, -0.05) is 18.2 Å². The van der Waals surface area contributed by atoms with Crippen LogP contribution in [0.3, 0.4) is 0 Å². The van der Waals surface area contributed by atoms with Gasteiger partial charge in [0.05, 0.1) is 11.6 Å². The Labute approximate surface area is 210 Å². The Balaban J connectivity index is 1.36. The van der Waals surface area contributed by atoms with E-state index in [1.54, 1.807) is 21.9 Å². The molecule has 1 aliphatic heterocycles. The number of aromatic nitrogens is 2. The molecule has 0 N–H and O–H groups in total. The Morgan fingerprint density at radius 3 is 2.64 bits per heavy atom. The van der Waals surface area contributed by atoms with Gasteiger partial charge in [0.1, 0.15) is 24.7 Å². The molecule has 3 aromatic rings. The van der Waals surface area contributed by atoms with E-state index in [2.05, 4.69) is 5.10 Å². The molecular weight excluding hydrogens is 459 g/mol. The molecule has 1 aliphatic carbocycles. The monoisotopic (exact) mass is 490 g/mol. The molecular formula is C28H31FN4O3. The summed E-state index contributed by atoms with van der Waals surface area (Å²) >= 11 is 0. The number of amides is 2. The zero-order chi connectivity index (χ0) is 25.4. The molecule has 0 saturated heterocycles. The van der Waals surface area contributed by atoms with Crippen LogP contribution in [0, 0.1) is 18.2 Å². The molecule has 0 spiro atoms. The van der Waals surface area contributed by atoms with Gasteiger partial charge in [-0.2, -0.15) is 5.10 Å². The number of likely N-dealkylation sites (N-methyl/N-ethyl adjacent to an activating group) is 1. The predicted octanol–water partition coefficient (Wildman–Crippen LogP) is 4.30. The van der Waals surface area contributed by atoms with Gasteiger partial charge in [-0.3, -0.25) is 14.3 Å². The van der Waals surface area contributed by atoms with Crippen molar-refractivity contribution in [3.63, 3.8) is 0 Å². The Bertz CT molecular complexity index is 1290. The van der Waals surface area contributed by atoms with E-state index >= 15 is 0 Å². The van der Waals surface area contributed by atoms with Crippen molar-refractivity contribution in [3.8, 4) is 5.75 Å². The molecule has 5 rings (SSSR count). The van der Waals surface area contributed by atoms with Crippen molar-refractivity contribution in [2.45, 2.75) is 46.2 Å². The lowest BCUT2D eigenvalue weighted by molar-refractivity contribution is -0.133. The summed E-state index contributed by atoms with van der Waals surface area (Å²) in [4.78, 5) is 30.7. The molecule has 7 nitrogen and oxygen atoms in total. The molecule has 1 fully saturated rings. The number of carbonyl (C=O) groups excluding carboxylic acids is 2. The van der Waals surface area contributed by atoms with Crippen molar-refractivity contribution >= 4 is 17.5 Å². The summed E-state index contributed by atoms with van der Waals surface area (Å²) < 4.78 is 21.1. The minimum Gasteiger partial charge on any atom is -0.492 e. The maximum absolute atomic E-state index is 13.8. The first-order chi connectivity index (χ1) is 17.4. The van der Waals surface area contributed by atoms with Crippen molar-refractivity contribution in [1.82, 2.24) is 14.7 Å². The fraction of sp³-hybridized carbons (Fsp3) is 0.393. The van der Waals surface area contributed by atoms with Crippen molar-refractivity contribution < 1.29 is 18.7 Å². The fourth-order valence-electron chi connectivity index (χ4n) is 5.25. The van der Waals surface area contributed by atoms with E-state index in [1.165, 1.54) is 12.1 Å². The largest absolute Gasteiger partial charge is 0.492 e. The minimum atomic E-state index is -0.709. The minimum absolute atomic E-state index is 0.0321. The molecule has 36 heavy (non-hydrogen) atoms. The molecule has 2 atom stereocenters. The number of rotatable bonds is 9. The third-order valence-electron chi connectivity index (χ3n) is 7.55. The summed E-state index contributed by atoms with van der Waals surface area (Å²) in [6, 6.07) is 13.6. The fourth-order valence-corrected chi connectivity index (χ4v) is 5.25. The number of nitrogens with zero attached hydrogens (tertiary/aromatic N) is 4. The summed E-state index contributed by atoms with van der Waals surface area (Å²) in [5, 5.41) is 4.39. The highest BCUT2D eigenvalue weighted by atomic mass is 19.1. The third kappa shape index (κ3) is 4.14. The van der Waals surface area contributed by atoms with Crippen LogP contribution in [0.1, 0.15) is 43.0 Å². The van der Waals surface area contributed by atoms with Gasteiger partial charge in [-0.15, -0.1) is 0 Å². The van der Waals surface area contributed by atoms with Crippen molar-refractivity contribution in [2.24, 2.45) is 5.41 Å². The van der Waals surface area contributed by atoms with Crippen molar-refractivity contribution in [1.29, 1.82) is 0 Å². The van der Waals surface area contributed by atoms with Crippen LogP contribution in [-0.2, 0) is 22.7 Å². The summed E-state index contributed by atoms with van der Waals surface area (Å²) in [6.07, 6.45) is 2.48. The van der Waals surface area contributed by atoms with Gasteiger partial charge < -0.3 is 14.5 Å². The van der Waals surface area contributed by atoms with E-state index in [1.807, 2.05) is 55.9 Å². The highest BCUT2D eigenvalue weighted by Gasteiger charge is 2.66.